The minimum Gasteiger partial charge on any atom is -0.398 e. The predicted molar refractivity (Wildman–Crippen MR) is 88.5 cm³/mol. The molecule has 1 aromatic heterocycles. The molecule has 0 aliphatic rings. The van der Waals surface area contributed by atoms with Crippen LogP contribution in [-0.4, -0.2) is 4.98 Å². The van der Waals surface area contributed by atoms with E-state index in [4.69, 9.17) is 17.3 Å². The molecule has 0 saturated carbocycles. The summed E-state index contributed by atoms with van der Waals surface area (Å²) < 4.78 is 14.2. The average molecular weight is 367 g/mol. The molecule has 0 fully saturated rings. The van der Waals surface area contributed by atoms with E-state index in [0.29, 0.717) is 21.9 Å². The molecule has 3 nitrogen and oxygen atoms in total. The van der Waals surface area contributed by atoms with E-state index < -0.39 is 5.82 Å². The van der Waals surface area contributed by atoms with Gasteiger partial charge in [0.1, 0.15) is 5.82 Å². The molecule has 21 heavy (non-hydrogen) atoms. The number of rotatable bonds is 2. The zero-order chi connectivity index (χ0) is 15.0. The van der Waals surface area contributed by atoms with E-state index in [2.05, 4.69) is 26.2 Å². The third-order valence-corrected chi connectivity index (χ3v) is 3.64. The van der Waals surface area contributed by atoms with Gasteiger partial charge in [0.25, 0.3) is 0 Å². The molecule has 0 bridgehead atoms. The van der Waals surface area contributed by atoms with Gasteiger partial charge in [0.15, 0.2) is 0 Å². The number of nitrogens with two attached hydrogens (primary N) is 1. The lowest BCUT2D eigenvalue weighted by molar-refractivity contribution is 0.628. The summed E-state index contributed by atoms with van der Waals surface area (Å²) in [6, 6.07) is 9.74. The third-order valence-electron chi connectivity index (χ3n) is 2.99. The van der Waals surface area contributed by atoms with Gasteiger partial charge < -0.3 is 11.1 Å². The summed E-state index contributed by atoms with van der Waals surface area (Å²) in [6.07, 6.45) is 1.69. The lowest BCUT2D eigenvalue weighted by Crippen LogP contribution is -1.96. The van der Waals surface area contributed by atoms with Crippen LogP contribution in [0.25, 0.3) is 10.9 Å². The summed E-state index contributed by atoms with van der Waals surface area (Å²) in [4.78, 5) is 4.37. The second-order valence-electron chi connectivity index (χ2n) is 4.54. The summed E-state index contributed by atoms with van der Waals surface area (Å²) in [5.41, 5.74) is 8.58. The monoisotopic (exact) mass is 365 g/mol. The first kappa shape index (κ1) is 14.1. The van der Waals surface area contributed by atoms with Crippen LogP contribution in [-0.2, 0) is 0 Å². The van der Waals surface area contributed by atoms with Crippen LogP contribution in [0.3, 0.4) is 0 Å². The van der Waals surface area contributed by atoms with Gasteiger partial charge in [-0.05, 0) is 52.3 Å². The van der Waals surface area contributed by atoms with Crippen molar-refractivity contribution in [2.45, 2.75) is 0 Å². The van der Waals surface area contributed by atoms with Crippen molar-refractivity contribution in [3.05, 3.63) is 57.9 Å². The van der Waals surface area contributed by atoms with E-state index in [9.17, 15) is 4.39 Å². The number of nitrogens with zero attached hydrogens (tertiary/aromatic N) is 1. The quantitative estimate of drug-likeness (QED) is 0.619. The zero-order valence-electron chi connectivity index (χ0n) is 10.7. The molecule has 0 amide bonds. The van der Waals surface area contributed by atoms with Crippen molar-refractivity contribution in [3.63, 3.8) is 0 Å². The molecule has 0 saturated heterocycles. The highest BCUT2D eigenvalue weighted by atomic mass is 79.9. The zero-order valence-corrected chi connectivity index (χ0v) is 13.0. The molecule has 3 aromatic rings. The number of halogens is 3. The Bertz CT molecular complexity index is 818. The van der Waals surface area contributed by atoms with E-state index >= 15 is 0 Å². The normalized spacial score (nSPS) is 10.8. The number of fused-ring (bicyclic) bond motifs is 1. The van der Waals surface area contributed by atoms with Gasteiger partial charge in [-0.1, -0.05) is 11.6 Å². The number of pyridine rings is 1. The van der Waals surface area contributed by atoms with Crippen molar-refractivity contribution in [1.82, 2.24) is 4.98 Å². The van der Waals surface area contributed by atoms with Crippen molar-refractivity contribution < 1.29 is 4.39 Å². The topological polar surface area (TPSA) is 50.9 Å². The first-order valence-corrected chi connectivity index (χ1v) is 7.27. The van der Waals surface area contributed by atoms with Crippen molar-refractivity contribution >= 4 is 55.5 Å². The van der Waals surface area contributed by atoms with Crippen molar-refractivity contribution in [3.8, 4) is 0 Å². The van der Waals surface area contributed by atoms with Gasteiger partial charge in [0, 0.05) is 32.5 Å². The Hall–Kier alpha value is -1.85. The number of nitrogens with one attached hydrogen (secondary N) is 1. The van der Waals surface area contributed by atoms with Crippen LogP contribution >= 0.6 is 27.5 Å². The number of hydrogen-bond donors (Lipinski definition) is 2. The molecule has 0 radical (unpaired) electrons. The minimum absolute atomic E-state index is 0.327. The SMILES string of the molecule is Nc1ccc(Nc2cc(F)cc(Cl)c2)c2ncc(Br)cc12. The van der Waals surface area contributed by atoms with Gasteiger partial charge in [-0.2, -0.15) is 0 Å². The fourth-order valence-corrected chi connectivity index (χ4v) is 2.65. The molecule has 0 spiro atoms. The van der Waals surface area contributed by atoms with Crippen molar-refractivity contribution in [2.75, 3.05) is 11.1 Å². The third kappa shape index (κ3) is 2.94. The standard InChI is InChI=1S/C15H10BrClFN3/c16-8-3-12-13(19)1-2-14(15(12)20-7-8)21-11-5-9(17)4-10(18)6-11/h1-7,21H,19H2. The van der Waals surface area contributed by atoms with Crippen molar-refractivity contribution in [2.24, 2.45) is 0 Å². The molecular weight excluding hydrogens is 357 g/mol. The van der Waals surface area contributed by atoms with Gasteiger partial charge >= 0.3 is 0 Å². The Morgan fingerprint density at radius 1 is 1.19 bits per heavy atom. The number of benzene rings is 2. The first-order valence-electron chi connectivity index (χ1n) is 6.10. The maximum atomic E-state index is 13.4. The highest BCUT2D eigenvalue weighted by molar-refractivity contribution is 9.10. The fraction of sp³-hybridized carbons (Fsp3) is 0. The molecule has 6 heteroatoms. The number of anilines is 3. The molecule has 106 valence electrons. The van der Waals surface area contributed by atoms with Crippen LogP contribution in [0, 0.1) is 5.82 Å². The van der Waals surface area contributed by atoms with Crippen LogP contribution in [0.1, 0.15) is 0 Å². The highest BCUT2D eigenvalue weighted by Crippen LogP contribution is 2.31. The molecule has 2 aromatic carbocycles. The molecule has 3 rings (SSSR count). The Labute approximate surface area is 134 Å². The number of hydrogen-bond acceptors (Lipinski definition) is 3. The van der Waals surface area contributed by atoms with Gasteiger partial charge in [0.2, 0.25) is 0 Å². The van der Waals surface area contributed by atoms with E-state index in [0.717, 1.165) is 15.5 Å². The molecule has 1 heterocycles. The fourth-order valence-electron chi connectivity index (χ4n) is 2.10. The molecule has 3 N–H and O–H groups in total. The molecular formula is C15H10BrClFN3. The Kier molecular flexibility index (Phi) is 3.69. The second kappa shape index (κ2) is 5.50. The van der Waals surface area contributed by atoms with E-state index in [1.807, 2.05) is 6.07 Å². The van der Waals surface area contributed by atoms with Crippen LogP contribution < -0.4 is 11.1 Å². The summed E-state index contributed by atoms with van der Waals surface area (Å²) in [7, 11) is 0. The maximum absolute atomic E-state index is 13.4. The molecule has 0 aliphatic carbocycles. The lowest BCUT2D eigenvalue weighted by Gasteiger charge is -2.11. The first-order chi connectivity index (χ1) is 10.0. The smallest absolute Gasteiger partial charge is 0.126 e. The highest BCUT2D eigenvalue weighted by Gasteiger charge is 2.08. The van der Waals surface area contributed by atoms with Gasteiger partial charge in [-0.3, -0.25) is 4.98 Å². The van der Waals surface area contributed by atoms with Gasteiger partial charge in [-0.15, -0.1) is 0 Å². The molecule has 0 unspecified atom stereocenters. The number of aromatic nitrogens is 1. The summed E-state index contributed by atoms with van der Waals surface area (Å²) in [5, 5.41) is 4.26. The molecule has 0 aliphatic heterocycles. The van der Waals surface area contributed by atoms with E-state index in [-0.39, 0.29) is 0 Å². The van der Waals surface area contributed by atoms with E-state index in [1.165, 1.54) is 12.1 Å². The average Bonchev–Trinajstić information content (AvgIpc) is 2.41. The van der Waals surface area contributed by atoms with Crippen molar-refractivity contribution in [1.29, 1.82) is 0 Å². The minimum atomic E-state index is -0.402. The Morgan fingerprint density at radius 2 is 2.00 bits per heavy atom. The van der Waals surface area contributed by atoms with Gasteiger partial charge in [0.05, 0.1) is 11.2 Å². The summed E-state index contributed by atoms with van der Waals surface area (Å²) >= 11 is 9.23. The van der Waals surface area contributed by atoms with E-state index in [1.54, 1.807) is 24.4 Å². The van der Waals surface area contributed by atoms with Gasteiger partial charge in [-0.25, -0.2) is 4.39 Å². The largest absolute Gasteiger partial charge is 0.398 e. The predicted octanol–water partition coefficient (Wildman–Crippen LogP) is 5.12. The van der Waals surface area contributed by atoms with Crippen LogP contribution in [0.2, 0.25) is 5.02 Å². The molecule has 0 atom stereocenters. The summed E-state index contributed by atoms with van der Waals surface area (Å²) in [5.74, 6) is -0.402. The van der Waals surface area contributed by atoms with Crippen LogP contribution in [0.5, 0.6) is 0 Å². The Balaban J connectivity index is 2.10. The number of nitrogen functional groups attached to an aromatic ring is 1. The summed E-state index contributed by atoms with van der Waals surface area (Å²) in [6.45, 7) is 0. The lowest BCUT2D eigenvalue weighted by atomic mass is 10.1. The Morgan fingerprint density at radius 3 is 2.76 bits per heavy atom. The maximum Gasteiger partial charge on any atom is 0.126 e. The second-order valence-corrected chi connectivity index (χ2v) is 5.89. The van der Waals surface area contributed by atoms with Crippen LogP contribution in [0.4, 0.5) is 21.5 Å². The van der Waals surface area contributed by atoms with Crippen LogP contribution in [0.15, 0.2) is 47.1 Å².